The number of halogens is 2. The first-order chi connectivity index (χ1) is 13.6. The van der Waals surface area contributed by atoms with Gasteiger partial charge in [0.15, 0.2) is 0 Å². The summed E-state index contributed by atoms with van der Waals surface area (Å²) in [5.41, 5.74) is 4.87. The Morgan fingerprint density at radius 3 is 2.28 bits per heavy atom. The topological polar surface area (TPSA) is 30.5 Å². The van der Waals surface area contributed by atoms with Crippen molar-refractivity contribution >= 4 is 28.3 Å². The molecule has 0 spiro atoms. The van der Waals surface area contributed by atoms with E-state index >= 15 is 0 Å². The van der Waals surface area contributed by atoms with Crippen LogP contribution >= 0.6 is 28.3 Å². The van der Waals surface area contributed by atoms with E-state index in [-0.39, 0.29) is 12.4 Å². The van der Waals surface area contributed by atoms with Gasteiger partial charge in [0.05, 0.1) is 7.11 Å². The molecular weight excluding hydrogens is 450 g/mol. The minimum atomic E-state index is 0. The molecule has 5 heteroatoms. The maximum absolute atomic E-state index is 6.08. The van der Waals surface area contributed by atoms with Crippen LogP contribution in [-0.4, -0.2) is 13.7 Å². The first-order valence-electron chi connectivity index (χ1n) is 9.44. The molecule has 0 radical (unpaired) electrons. The maximum Gasteiger partial charge on any atom is 0.124 e. The van der Waals surface area contributed by atoms with Gasteiger partial charge in [0.1, 0.15) is 18.1 Å². The number of benzene rings is 3. The second-order valence-electron chi connectivity index (χ2n) is 6.80. The Labute approximate surface area is 188 Å². The molecule has 154 valence electrons. The molecule has 29 heavy (non-hydrogen) atoms. The Morgan fingerprint density at radius 2 is 1.59 bits per heavy atom. The summed E-state index contributed by atoms with van der Waals surface area (Å²) in [4.78, 5) is 0. The van der Waals surface area contributed by atoms with Crippen LogP contribution in [0.15, 0.2) is 71.2 Å². The minimum absolute atomic E-state index is 0. The molecule has 0 unspecified atom stereocenters. The maximum atomic E-state index is 6.08. The van der Waals surface area contributed by atoms with Gasteiger partial charge in [-0.2, -0.15) is 0 Å². The first kappa shape index (κ1) is 23.3. The molecule has 0 aliphatic heterocycles. The highest BCUT2D eigenvalue weighted by Gasteiger charge is 2.06. The Morgan fingerprint density at radius 1 is 0.897 bits per heavy atom. The van der Waals surface area contributed by atoms with Crippen LogP contribution in [0, 0.1) is 6.92 Å². The second-order valence-corrected chi connectivity index (χ2v) is 7.72. The first-order valence-corrected chi connectivity index (χ1v) is 10.2. The number of aryl methyl sites for hydroxylation is 1. The van der Waals surface area contributed by atoms with E-state index in [1.165, 1.54) is 16.7 Å². The fourth-order valence-electron chi connectivity index (χ4n) is 2.92. The van der Waals surface area contributed by atoms with Gasteiger partial charge < -0.3 is 14.8 Å². The van der Waals surface area contributed by atoms with Crippen LogP contribution in [0.25, 0.3) is 0 Å². The molecule has 3 aromatic carbocycles. The van der Waals surface area contributed by atoms with Gasteiger partial charge in [-0.25, -0.2) is 0 Å². The normalized spacial score (nSPS) is 10.3. The predicted octanol–water partition coefficient (Wildman–Crippen LogP) is 6.10. The highest BCUT2D eigenvalue weighted by molar-refractivity contribution is 9.10. The Bertz CT molecular complexity index is 882. The standard InChI is InChI=1S/C24H26BrNO2.ClH/c1-18-3-5-20(6-4-18)17-28-24-12-9-22(25)15-21(24)16-26-14-13-19-7-10-23(27-2)11-8-19;/h3-12,15,26H,13-14,16-17H2,1-2H3;1H. The quantitative estimate of drug-likeness (QED) is 0.379. The van der Waals surface area contributed by atoms with Gasteiger partial charge in [0.25, 0.3) is 0 Å². The second kappa shape index (κ2) is 11.9. The zero-order valence-corrected chi connectivity index (χ0v) is 19.2. The van der Waals surface area contributed by atoms with Crippen molar-refractivity contribution in [1.82, 2.24) is 5.32 Å². The monoisotopic (exact) mass is 475 g/mol. The lowest BCUT2D eigenvalue weighted by Crippen LogP contribution is -2.17. The molecule has 0 aliphatic carbocycles. The number of methoxy groups -OCH3 is 1. The van der Waals surface area contributed by atoms with Gasteiger partial charge in [0.2, 0.25) is 0 Å². The summed E-state index contributed by atoms with van der Waals surface area (Å²) in [6, 6.07) is 22.8. The third kappa shape index (κ3) is 7.39. The molecule has 3 rings (SSSR count). The summed E-state index contributed by atoms with van der Waals surface area (Å²) >= 11 is 3.56. The van der Waals surface area contributed by atoms with Crippen molar-refractivity contribution in [2.24, 2.45) is 0 Å². The molecule has 0 fully saturated rings. The summed E-state index contributed by atoms with van der Waals surface area (Å²) in [5, 5.41) is 3.52. The smallest absolute Gasteiger partial charge is 0.124 e. The molecule has 0 heterocycles. The van der Waals surface area contributed by atoms with Crippen molar-refractivity contribution in [2.45, 2.75) is 26.5 Å². The fraction of sp³-hybridized carbons (Fsp3) is 0.250. The van der Waals surface area contributed by atoms with Crippen molar-refractivity contribution in [1.29, 1.82) is 0 Å². The SMILES string of the molecule is COc1ccc(CCNCc2cc(Br)ccc2OCc2ccc(C)cc2)cc1.Cl. The van der Waals surface area contributed by atoms with Gasteiger partial charge in [-0.15, -0.1) is 12.4 Å². The lowest BCUT2D eigenvalue weighted by Gasteiger charge is -2.13. The van der Waals surface area contributed by atoms with Gasteiger partial charge in [-0.1, -0.05) is 57.9 Å². The third-order valence-corrected chi connectivity index (χ3v) is 5.10. The molecule has 0 amide bonds. The van der Waals surface area contributed by atoms with E-state index in [1.54, 1.807) is 7.11 Å². The van der Waals surface area contributed by atoms with Crippen molar-refractivity contribution in [2.75, 3.05) is 13.7 Å². The number of ether oxygens (including phenoxy) is 2. The summed E-state index contributed by atoms with van der Waals surface area (Å²) in [5.74, 6) is 1.81. The van der Waals surface area contributed by atoms with Crippen LogP contribution in [0.2, 0.25) is 0 Å². The Balaban J connectivity index is 0.00000300. The van der Waals surface area contributed by atoms with Gasteiger partial charge in [0, 0.05) is 16.6 Å². The Hall–Kier alpha value is -2.01. The molecule has 1 N–H and O–H groups in total. The van der Waals surface area contributed by atoms with Crippen LogP contribution in [0.1, 0.15) is 22.3 Å². The number of hydrogen-bond acceptors (Lipinski definition) is 3. The molecule has 0 atom stereocenters. The highest BCUT2D eigenvalue weighted by Crippen LogP contribution is 2.24. The Kier molecular flexibility index (Phi) is 9.52. The molecule has 0 saturated heterocycles. The van der Waals surface area contributed by atoms with E-state index in [0.717, 1.165) is 41.0 Å². The zero-order valence-electron chi connectivity index (χ0n) is 16.8. The minimum Gasteiger partial charge on any atom is -0.497 e. The predicted molar refractivity (Wildman–Crippen MR) is 125 cm³/mol. The van der Waals surface area contributed by atoms with Crippen molar-refractivity contribution in [3.63, 3.8) is 0 Å². The van der Waals surface area contributed by atoms with Gasteiger partial charge in [-0.05, 0) is 61.3 Å². The average molecular weight is 477 g/mol. The average Bonchev–Trinajstić information content (AvgIpc) is 2.72. The molecule has 3 aromatic rings. The van der Waals surface area contributed by atoms with Crippen molar-refractivity contribution in [3.8, 4) is 11.5 Å². The number of rotatable bonds is 9. The largest absolute Gasteiger partial charge is 0.497 e. The zero-order chi connectivity index (χ0) is 19.8. The van der Waals surface area contributed by atoms with E-state index in [2.05, 4.69) is 70.6 Å². The molecule has 0 bridgehead atoms. The van der Waals surface area contributed by atoms with Crippen LogP contribution in [0.5, 0.6) is 11.5 Å². The summed E-state index contributed by atoms with van der Waals surface area (Å²) < 4.78 is 12.3. The number of nitrogens with one attached hydrogen (secondary N) is 1. The van der Waals surface area contributed by atoms with Crippen LogP contribution < -0.4 is 14.8 Å². The van der Waals surface area contributed by atoms with E-state index in [4.69, 9.17) is 9.47 Å². The van der Waals surface area contributed by atoms with E-state index in [0.29, 0.717) is 6.61 Å². The summed E-state index contributed by atoms with van der Waals surface area (Å²) in [7, 11) is 1.69. The third-order valence-electron chi connectivity index (χ3n) is 4.60. The number of hydrogen-bond donors (Lipinski definition) is 1. The lowest BCUT2D eigenvalue weighted by molar-refractivity contribution is 0.302. The fourth-order valence-corrected chi connectivity index (χ4v) is 3.33. The summed E-state index contributed by atoms with van der Waals surface area (Å²) in [6.07, 6.45) is 0.970. The van der Waals surface area contributed by atoms with Crippen molar-refractivity contribution < 1.29 is 9.47 Å². The molecule has 0 aromatic heterocycles. The highest BCUT2D eigenvalue weighted by atomic mass is 79.9. The van der Waals surface area contributed by atoms with Crippen molar-refractivity contribution in [3.05, 3.63) is 93.5 Å². The van der Waals surface area contributed by atoms with Gasteiger partial charge >= 0.3 is 0 Å². The van der Waals surface area contributed by atoms with E-state index < -0.39 is 0 Å². The lowest BCUT2D eigenvalue weighted by atomic mass is 10.1. The van der Waals surface area contributed by atoms with E-state index in [1.807, 2.05) is 24.3 Å². The van der Waals surface area contributed by atoms with Crippen LogP contribution in [0.4, 0.5) is 0 Å². The molecule has 0 aliphatic rings. The van der Waals surface area contributed by atoms with E-state index in [9.17, 15) is 0 Å². The van der Waals surface area contributed by atoms with Crippen LogP contribution in [-0.2, 0) is 19.6 Å². The molecule has 0 saturated carbocycles. The summed E-state index contributed by atoms with van der Waals surface area (Å²) in [6.45, 7) is 4.32. The molecular formula is C24H27BrClNO2. The molecule has 3 nitrogen and oxygen atoms in total. The van der Waals surface area contributed by atoms with Crippen LogP contribution in [0.3, 0.4) is 0 Å². The van der Waals surface area contributed by atoms with Gasteiger partial charge in [-0.3, -0.25) is 0 Å².